The third-order valence-corrected chi connectivity index (χ3v) is 4.50. The van der Waals surface area contributed by atoms with Crippen LogP contribution in [0.5, 0.6) is 0 Å². The predicted octanol–water partition coefficient (Wildman–Crippen LogP) is 1.20. The number of hydrogen-bond acceptors (Lipinski definition) is 5. The molecule has 0 aromatic carbocycles. The molecule has 18 heavy (non-hydrogen) atoms. The van der Waals surface area contributed by atoms with Crippen molar-refractivity contribution in [2.75, 3.05) is 4.72 Å². The van der Waals surface area contributed by atoms with Crippen LogP contribution in [-0.2, 0) is 10.0 Å². The molecule has 2 rings (SSSR count). The molecule has 1 aromatic rings. The molecule has 6 nitrogen and oxygen atoms in total. The summed E-state index contributed by atoms with van der Waals surface area (Å²) in [4.78, 5) is 0. The predicted molar refractivity (Wildman–Crippen MR) is 68.3 cm³/mol. The van der Waals surface area contributed by atoms with Crippen LogP contribution in [0.4, 0.5) is 5.88 Å². The number of aryl methyl sites for hydroxylation is 1. The molecule has 1 unspecified atom stereocenters. The molecule has 0 saturated carbocycles. The molecule has 0 amide bonds. The first kappa shape index (κ1) is 12.7. The number of nitrogens with one attached hydrogen (secondary N) is 1. The minimum Gasteiger partial charge on any atom is -0.399 e. The molecule has 0 bridgehead atoms. The summed E-state index contributed by atoms with van der Waals surface area (Å²) in [6.07, 6.45) is 5.19. The van der Waals surface area contributed by atoms with Gasteiger partial charge >= 0.3 is 0 Å². The average molecular weight is 269 g/mol. The van der Waals surface area contributed by atoms with Crippen molar-refractivity contribution in [1.29, 1.82) is 0 Å². The van der Waals surface area contributed by atoms with E-state index in [4.69, 9.17) is 10.3 Å². The Labute approximate surface area is 106 Å². The molecular formula is C11H15N3O3S. The van der Waals surface area contributed by atoms with Crippen LogP contribution >= 0.6 is 0 Å². The van der Waals surface area contributed by atoms with E-state index < -0.39 is 15.3 Å². The van der Waals surface area contributed by atoms with Gasteiger partial charge in [-0.1, -0.05) is 17.3 Å². The van der Waals surface area contributed by atoms with Crippen molar-refractivity contribution >= 4 is 15.9 Å². The average Bonchev–Trinajstić information content (AvgIpc) is 2.61. The number of nitrogens with zero attached hydrogens (tertiary/aromatic N) is 1. The Kier molecular flexibility index (Phi) is 3.16. The normalized spacial score (nSPS) is 19.7. The van der Waals surface area contributed by atoms with E-state index in [0.717, 1.165) is 0 Å². The lowest BCUT2D eigenvalue weighted by molar-refractivity contribution is 0.430. The van der Waals surface area contributed by atoms with Crippen LogP contribution in [0.1, 0.15) is 17.7 Å². The zero-order valence-corrected chi connectivity index (χ0v) is 11.0. The van der Waals surface area contributed by atoms with Crippen LogP contribution in [0.15, 0.2) is 28.4 Å². The van der Waals surface area contributed by atoms with E-state index in [1.165, 1.54) is 0 Å². The lowest BCUT2D eigenvalue weighted by Crippen LogP contribution is -2.27. The van der Waals surface area contributed by atoms with Crippen molar-refractivity contribution in [3.8, 4) is 0 Å². The number of anilines is 1. The number of allylic oxidation sites excluding steroid dienone is 2. The second-order valence-electron chi connectivity index (χ2n) is 4.21. The monoisotopic (exact) mass is 269 g/mol. The Hall–Kier alpha value is -1.76. The summed E-state index contributed by atoms with van der Waals surface area (Å²) in [5.41, 5.74) is 7.48. The van der Waals surface area contributed by atoms with Gasteiger partial charge in [0.25, 0.3) is 0 Å². The quantitative estimate of drug-likeness (QED) is 0.859. The van der Waals surface area contributed by atoms with Gasteiger partial charge in [0.1, 0.15) is 5.25 Å². The molecule has 0 radical (unpaired) electrons. The summed E-state index contributed by atoms with van der Waals surface area (Å²) in [5, 5.41) is 3.06. The van der Waals surface area contributed by atoms with Crippen LogP contribution in [0.2, 0.25) is 0 Å². The standard InChI is InChI=1S/C11H15N3O3S/c1-7-8(2)13-17-11(7)14-18(15,16)10-5-3-9(12)4-6-10/h3-5,10,14H,6,12H2,1-2H3. The number of hydrogen-bond donors (Lipinski definition) is 2. The van der Waals surface area contributed by atoms with Crippen molar-refractivity contribution in [3.63, 3.8) is 0 Å². The first-order valence-corrected chi connectivity index (χ1v) is 7.03. The Morgan fingerprint density at radius 1 is 1.50 bits per heavy atom. The van der Waals surface area contributed by atoms with Crippen LogP contribution in [0.25, 0.3) is 0 Å². The van der Waals surface area contributed by atoms with Gasteiger partial charge in [0.2, 0.25) is 15.9 Å². The van der Waals surface area contributed by atoms with Crippen LogP contribution < -0.4 is 10.5 Å². The van der Waals surface area contributed by atoms with Crippen molar-refractivity contribution in [3.05, 3.63) is 35.2 Å². The van der Waals surface area contributed by atoms with Crippen molar-refractivity contribution < 1.29 is 12.9 Å². The molecule has 3 N–H and O–H groups in total. The summed E-state index contributed by atoms with van der Waals surface area (Å²) in [6, 6.07) is 0. The van der Waals surface area contributed by atoms with E-state index in [1.54, 1.807) is 32.1 Å². The smallest absolute Gasteiger partial charge is 0.241 e. The molecule has 0 saturated heterocycles. The molecule has 1 aliphatic carbocycles. The Balaban J connectivity index is 2.18. The zero-order chi connectivity index (χ0) is 13.3. The minimum atomic E-state index is -3.54. The highest BCUT2D eigenvalue weighted by Gasteiger charge is 2.26. The molecule has 1 atom stereocenters. The highest BCUT2D eigenvalue weighted by Crippen LogP contribution is 2.22. The molecule has 1 heterocycles. The van der Waals surface area contributed by atoms with Gasteiger partial charge < -0.3 is 10.3 Å². The van der Waals surface area contributed by atoms with E-state index >= 15 is 0 Å². The van der Waals surface area contributed by atoms with E-state index in [2.05, 4.69) is 9.88 Å². The van der Waals surface area contributed by atoms with Crippen LogP contribution in [0, 0.1) is 13.8 Å². The minimum absolute atomic E-state index is 0.170. The maximum absolute atomic E-state index is 12.1. The molecule has 0 spiro atoms. The number of rotatable bonds is 3. The topological polar surface area (TPSA) is 98.2 Å². The first-order chi connectivity index (χ1) is 8.40. The van der Waals surface area contributed by atoms with E-state index in [-0.39, 0.29) is 5.88 Å². The second kappa shape index (κ2) is 4.49. The first-order valence-electron chi connectivity index (χ1n) is 5.48. The number of aromatic nitrogens is 1. The lowest BCUT2D eigenvalue weighted by Gasteiger charge is -2.15. The number of sulfonamides is 1. The van der Waals surface area contributed by atoms with E-state index in [1.807, 2.05) is 0 Å². The van der Waals surface area contributed by atoms with Gasteiger partial charge in [-0.05, 0) is 26.3 Å². The van der Waals surface area contributed by atoms with Gasteiger partial charge in [-0.2, -0.15) is 0 Å². The number of nitrogens with two attached hydrogens (primary N) is 1. The van der Waals surface area contributed by atoms with Gasteiger partial charge in [-0.15, -0.1) is 0 Å². The van der Waals surface area contributed by atoms with Crippen LogP contribution in [-0.4, -0.2) is 18.8 Å². The molecular weight excluding hydrogens is 254 g/mol. The highest BCUT2D eigenvalue weighted by atomic mass is 32.2. The molecule has 0 aliphatic heterocycles. The van der Waals surface area contributed by atoms with Gasteiger partial charge in [0, 0.05) is 11.3 Å². The summed E-state index contributed by atoms with van der Waals surface area (Å²) in [5.74, 6) is 0.170. The van der Waals surface area contributed by atoms with Gasteiger partial charge in [0.15, 0.2) is 0 Å². The second-order valence-corrected chi connectivity index (χ2v) is 6.11. The molecule has 1 aliphatic rings. The molecule has 0 fully saturated rings. The summed E-state index contributed by atoms with van der Waals surface area (Å²) in [7, 11) is -3.54. The molecule has 98 valence electrons. The third-order valence-electron chi connectivity index (χ3n) is 2.88. The maximum atomic E-state index is 12.1. The van der Waals surface area contributed by atoms with E-state index in [0.29, 0.717) is 23.4 Å². The Morgan fingerprint density at radius 2 is 2.22 bits per heavy atom. The fourth-order valence-corrected chi connectivity index (χ4v) is 2.80. The zero-order valence-electron chi connectivity index (χ0n) is 10.2. The fraction of sp³-hybridized carbons (Fsp3) is 0.364. The van der Waals surface area contributed by atoms with Gasteiger partial charge in [0.05, 0.1) is 5.69 Å². The van der Waals surface area contributed by atoms with E-state index in [9.17, 15) is 8.42 Å². The van der Waals surface area contributed by atoms with Gasteiger partial charge in [-0.25, -0.2) is 8.42 Å². The molecule has 1 aromatic heterocycles. The summed E-state index contributed by atoms with van der Waals surface area (Å²) in [6.45, 7) is 3.50. The van der Waals surface area contributed by atoms with Crippen molar-refractivity contribution in [2.24, 2.45) is 5.73 Å². The Morgan fingerprint density at radius 3 is 2.72 bits per heavy atom. The highest BCUT2D eigenvalue weighted by molar-refractivity contribution is 7.93. The maximum Gasteiger partial charge on any atom is 0.241 e. The summed E-state index contributed by atoms with van der Waals surface area (Å²) >= 11 is 0. The lowest BCUT2D eigenvalue weighted by atomic mass is 10.1. The summed E-state index contributed by atoms with van der Waals surface area (Å²) < 4.78 is 31.6. The Bertz CT molecular complexity index is 613. The van der Waals surface area contributed by atoms with Crippen LogP contribution in [0.3, 0.4) is 0 Å². The largest absolute Gasteiger partial charge is 0.399 e. The third kappa shape index (κ3) is 2.40. The van der Waals surface area contributed by atoms with Crippen molar-refractivity contribution in [1.82, 2.24) is 5.16 Å². The van der Waals surface area contributed by atoms with Gasteiger partial charge in [-0.3, -0.25) is 4.72 Å². The van der Waals surface area contributed by atoms with Crippen molar-refractivity contribution in [2.45, 2.75) is 25.5 Å². The fourth-order valence-electron chi connectivity index (χ4n) is 1.56. The SMILES string of the molecule is Cc1noc(NS(=O)(=O)C2C=CC(N)=CC2)c1C. The molecule has 7 heteroatoms.